The van der Waals surface area contributed by atoms with Crippen molar-refractivity contribution in [3.05, 3.63) is 34.9 Å². The molecule has 1 heterocycles. The molecule has 0 spiro atoms. The summed E-state index contributed by atoms with van der Waals surface area (Å²) < 4.78 is 0. The Morgan fingerprint density at radius 2 is 2.00 bits per heavy atom. The van der Waals surface area contributed by atoms with Crippen molar-refractivity contribution in [2.45, 2.75) is 33.7 Å². The van der Waals surface area contributed by atoms with Crippen molar-refractivity contribution in [1.82, 2.24) is 5.32 Å². The van der Waals surface area contributed by atoms with Crippen molar-refractivity contribution in [2.24, 2.45) is 10.9 Å². The van der Waals surface area contributed by atoms with Gasteiger partial charge in [-0.15, -0.1) is 0 Å². The number of amidine groups is 1. The molecular weight excluding hydrogens is 240 g/mol. The molecule has 4 heteroatoms. The van der Waals surface area contributed by atoms with Crippen LogP contribution in [-0.4, -0.2) is 23.6 Å². The maximum Gasteiger partial charge on any atom is 0.250 e. The Balaban J connectivity index is 2.31. The highest BCUT2D eigenvalue weighted by Gasteiger charge is 2.32. The first-order valence-corrected chi connectivity index (χ1v) is 6.40. The summed E-state index contributed by atoms with van der Waals surface area (Å²) in [6, 6.07) is 5.16. The summed E-state index contributed by atoms with van der Waals surface area (Å²) in [5.41, 5.74) is 2.59. The van der Waals surface area contributed by atoms with Crippen molar-refractivity contribution >= 4 is 17.5 Å². The molecule has 1 aliphatic rings. The monoisotopic (exact) mass is 258 g/mol. The molecule has 1 amide bonds. The van der Waals surface area contributed by atoms with Crippen molar-refractivity contribution in [2.75, 3.05) is 0 Å². The number of carbonyl (C=O) groups is 2. The van der Waals surface area contributed by atoms with Gasteiger partial charge in [0, 0.05) is 5.56 Å². The van der Waals surface area contributed by atoms with Gasteiger partial charge < -0.3 is 5.32 Å². The number of aliphatic imine (C=N–C) groups is 1. The maximum atomic E-state index is 12.3. The summed E-state index contributed by atoms with van der Waals surface area (Å²) in [5, 5.41) is 2.59. The quantitative estimate of drug-likeness (QED) is 0.843. The van der Waals surface area contributed by atoms with Gasteiger partial charge in [0.2, 0.25) is 5.78 Å². The Morgan fingerprint density at radius 3 is 2.53 bits per heavy atom. The number of carbonyl (C=O) groups excluding carboxylic acids is 2. The molecule has 0 fully saturated rings. The lowest BCUT2D eigenvalue weighted by molar-refractivity contribution is -0.120. The lowest BCUT2D eigenvalue weighted by Gasteiger charge is -2.06. The Kier molecular flexibility index (Phi) is 3.51. The van der Waals surface area contributed by atoms with E-state index in [1.54, 1.807) is 6.07 Å². The fourth-order valence-electron chi connectivity index (χ4n) is 2.18. The summed E-state index contributed by atoms with van der Waals surface area (Å²) in [7, 11) is 0. The second-order valence-corrected chi connectivity index (χ2v) is 5.30. The van der Waals surface area contributed by atoms with Crippen LogP contribution in [0.25, 0.3) is 0 Å². The van der Waals surface area contributed by atoms with E-state index in [-0.39, 0.29) is 23.4 Å². The fraction of sp³-hybridized carbons (Fsp3) is 0.400. The number of aryl methyl sites for hydroxylation is 2. The van der Waals surface area contributed by atoms with Gasteiger partial charge in [-0.2, -0.15) is 0 Å². The van der Waals surface area contributed by atoms with Crippen LogP contribution in [0.5, 0.6) is 0 Å². The lowest BCUT2D eigenvalue weighted by atomic mass is 10.0. The molecule has 1 N–H and O–H groups in total. The number of Topliss-reactive ketones (excluding diaryl/α,β-unsaturated/α-hetero) is 1. The van der Waals surface area contributed by atoms with E-state index in [4.69, 9.17) is 0 Å². The summed E-state index contributed by atoms with van der Waals surface area (Å²) in [5.74, 6) is -0.155. The average molecular weight is 258 g/mol. The first kappa shape index (κ1) is 13.5. The highest BCUT2D eigenvalue weighted by molar-refractivity contribution is 6.48. The van der Waals surface area contributed by atoms with E-state index in [1.165, 1.54) is 0 Å². The number of benzene rings is 1. The normalized spacial score (nSPS) is 18.5. The number of nitrogens with one attached hydrogen (secondary N) is 1. The maximum absolute atomic E-state index is 12.3. The van der Waals surface area contributed by atoms with Gasteiger partial charge in [-0.25, -0.2) is 0 Å². The van der Waals surface area contributed by atoms with Crippen LogP contribution in [-0.2, 0) is 4.79 Å². The van der Waals surface area contributed by atoms with E-state index < -0.39 is 6.04 Å². The van der Waals surface area contributed by atoms with Gasteiger partial charge in [-0.1, -0.05) is 37.6 Å². The zero-order chi connectivity index (χ0) is 14.2. The van der Waals surface area contributed by atoms with Crippen LogP contribution in [0.3, 0.4) is 0 Å². The van der Waals surface area contributed by atoms with Crippen LogP contribution in [0.4, 0.5) is 0 Å². The van der Waals surface area contributed by atoms with Crippen molar-refractivity contribution in [3.8, 4) is 0 Å². The number of nitrogens with zero attached hydrogens (tertiary/aromatic N) is 1. The van der Waals surface area contributed by atoms with Crippen molar-refractivity contribution in [3.63, 3.8) is 0 Å². The summed E-state index contributed by atoms with van der Waals surface area (Å²) in [6.07, 6.45) is 0. The summed E-state index contributed by atoms with van der Waals surface area (Å²) in [4.78, 5) is 28.3. The molecule has 1 unspecified atom stereocenters. The molecule has 1 aromatic rings. The predicted octanol–water partition coefficient (Wildman–Crippen LogP) is 2.04. The fourth-order valence-corrected chi connectivity index (χ4v) is 2.18. The lowest BCUT2D eigenvalue weighted by Crippen LogP contribution is -2.34. The van der Waals surface area contributed by atoms with Crippen molar-refractivity contribution in [1.29, 1.82) is 0 Å². The second kappa shape index (κ2) is 4.96. The molecule has 0 aromatic heterocycles. The minimum absolute atomic E-state index is 0.0874. The van der Waals surface area contributed by atoms with Gasteiger partial charge in [0.25, 0.3) is 5.91 Å². The van der Waals surface area contributed by atoms with Gasteiger partial charge >= 0.3 is 0 Å². The van der Waals surface area contributed by atoms with Crippen LogP contribution >= 0.6 is 0 Å². The van der Waals surface area contributed by atoms with Gasteiger partial charge in [-0.05, 0) is 25.3 Å². The summed E-state index contributed by atoms with van der Waals surface area (Å²) >= 11 is 0. The van der Waals surface area contributed by atoms with E-state index in [2.05, 4.69) is 10.3 Å². The first-order valence-electron chi connectivity index (χ1n) is 6.40. The zero-order valence-corrected chi connectivity index (χ0v) is 11.7. The minimum atomic E-state index is -0.454. The number of hydrogen-bond donors (Lipinski definition) is 1. The number of hydrogen-bond acceptors (Lipinski definition) is 3. The van der Waals surface area contributed by atoms with E-state index in [0.717, 1.165) is 11.1 Å². The van der Waals surface area contributed by atoms with E-state index in [9.17, 15) is 9.59 Å². The van der Waals surface area contributed by atoms with Gasteiger partial charge in [0.15, 0.2) is 5.84 Å². The molecule has 0 saturated carbocycles. The molecule has 100 valence electrons. The SMILES string of the molecule is Cc1ccc(C(=O)C2=NC(C(C)C)C(=O)N2)c(C)c1. The predicted molar refractivity (Wildman–Crippen MR) is 74.5 cm³/mol. The Morgan fingerprint density at radius 1 is 1.32 bits per heavy atom. The molecule has 2 rings (SSSR count). The largest absolute Gasteiger partial charge is 0.306 e. The molecule has 4 nitrogen and oxygen atoms in total. The highest BCUT2D eigenvalue weighted by atomic mass is 16.2. The summed E-state index contributed by atoms with van der Waals surface area (Å²) in [6.45, 7) is 7.69. The smallest absolute Gasteiger partial charge is 0.250 e. The van der Waals surface area contributed by atoms with Crippen LogP contribution in [0.1, 0.15) is 35.3 Å². The third-order valence-electron chi connectivity index (χ3n) is 3.25. The Labute approximate surface area is 112 Å². The Hall–Kier alpha value is -1.97. The topological polar surface area (TPSA) is 58.5 Å². The van der Waals surface area contributed by atoms with E-state index >= 15 is 0 Å². The Bertz CT molecular complexity index is 574. The van der Waals surface area contributed by atoms with Crippen LogP contribution in [0.2, 0.25) is 0 Å². The standard InChI is InChI=1S/C15H18N2O2/c1-8(2)12-15(19)17-14(16-12)13(18)11-6-5-9(3)7-10(11)4/h5-8,12H,1-4H3,(H,16,17,19). The third kappa shape index (κ3) is 2.57. The highest BCUT2D eigenvalue weighted by Crippen LogP contribution is 2.16. The van der Waals surface area contributed by atoms with Crippen LogP contribution in [0, 0.1) is 19.8 Å². The van der Waals surface area contributed by atoms with Gasteiger partial charge in [0.1, 0.15) is 6.04 Å². The molecule has 0 saturated heterocycles. The number of ketones is 1. The van der Waals surface area contributed by atoms with E-state index in [0.29, 0.717) is 5.56 Å². The molecule has 0 radical (unpaired) electrons. The van der Waals surface area contributed by atoms with Crippen LogP contribution < -0.4 is 5.32 Å². The molecule has 19 heavy (non-hydrogen) atoms. The molecule has 1 aliphatic heterocycles. The van der Waals surface area contributed by atoms with E-state index in [1.807, 2.05) is 39.8 Å². The molecule has 0 aliphatic carbocycles. The molecular formula is C15H18N2O2. The molecule has 1 atom stereocenters. The van der Waals surface area contributed by atoms with Gasteiger partial charge in [0.05, 0.1) is 0 Å². The van der Waals surface area contributed by atoms with Crippen LogP contribution in [0.15, 0.2) is 23.2 Å². The number of rotatable bonds is 3. The molecule has 1 aromatic carbocycles. The first-order chi connectivity index (χ1) is 8.90. The zero-order valence-electron chi connectivity index (χ0n) is 11.7. The average Bonchev–Trinajstić information content (AvgIpc) is 2.70. The molecule has 0 bridgehead atoms. The van der Waals surface area contributed by atoms with Gasteiger partial charge in [-0.3, -0.25) is 14.6 Å². The number of amides is 1. The minimum Gasteiger partial charge on any atom is -0.306 e. The third-order valence-corrected chi connectivity index (χ3v) is 3.25. The second-order valence-electron chi connectivity index (χ2n) is 5.30. The van der Waals surface area contributed by atoms with Crippen molar-refractivity contribution < 1.29 is 9.59 Å².